The summed E-state index contributed by atoms with van der Waals surface area (Å²) in [7, 11) is 0. The molecule has 0 aromatic carbocycles. The first-order valence-electron chi connectivity index (χ1n) is 7.52. The van der Waals surface area contributed by atoms with Crippen molar-refractivity contribution in [3.63, 3.8) is 0 Å². The normalized spacial score (nSPS) is 16.0. The first kappa shape index (κ1) is 13.8. The highest BCUT2D eigenvalue weighted by Gasteiger charge is 2.17. The number of hydrogen-bond donors (Lipinski definition) is 1. The molecule has 3 heterocycles. The fourth-order valence-electron chi connectivity index (χ4n) is 2.50. The van der Waals surface area contributed by atoms with E-state index >= 15 is 0 Å². The number of hydrogen-bond acceptors (Lipinski definition) is 5. The summed E-state index contributed by atoms with van der Waals surface area (Å²) >= 11 is 0. The predicted molar refractivity (Wildman–Crippen MR) is 84.2 cm³/mol. The number of anilines is 2. The smallest absolute Gasteiger partial charge is 0.227 e. The number of piperidine rings is 1. The lowest BCUT2D eigenvalue weighted by Crippen LogP contribution is -2.34. The fourth-order valence-corrected chi connectivity index (χ4v) is 2.50. The van der Waals surface area contributed by atoms with Crippen molar-refractivity contribution < 1.29 is 0 Å². The molecular weight excluding hydrogens is 262 g/mol. The largest absolute Gasteiger partial charge is 0.366 e. The van der Waals surface area contributed by atoms with Crippen LogP contribution in [0.5, 0.6) is 0 Å². The van der Waals surface area contributed by atoms with Gasteiger partial charge in [0.05, 0.1) is 0 Å². The van der Waals surface area contributed by atoms with Gasteiger partial charge in [-0.2, -0.15) is 4.98 Å². The van der Waals surface area contributed by atoms with Crippen molar-refractivity contribution in [3.05, 3.63) is 42.4 Å². The maximum Gasteiger partial charge on any atom is 0.227 e. The molecule has 0 unspecified atom stereocenters. The molecule has 110 valence electrons. The zero-order valence-electron chi connectivity index (χ0n) is 12.4. The van der Waals surface area contributed by atoms with Gasteiger partial charge >= 0.3 is 0 Å². The Balaban J connectivity index is 1.63. The maximum atomic E-state index is 4.62. The van der Waals surface area contributed by atoms with Crippen LogP contribution in [0, 0.1) is 5.92 Å². The molecule has 1 aliphatic rings. The SMILES string of the molecule is CC1CCN(c2nccc(NCc3ccncc3)n2)CC1. The van der Waals surface area contributed by atoms with Crippen LogP contribution in [0.2, 0.25) is 0 Å². The van der Waals surface area contributed by atoms with Gasteiger partial charge in [0.2, 0.25) is 5.95 Å². The Bertz CT molecular complexity index is 564. The molecule has 1 aliphatic heterocycles. The van der Waals surface area contributed by atoms with Crippen LogP contribution in [-0.2, 0) is 6.54 Å². The van der Waals surface area contributed by atoms with Crippen molar-refractivity contribution in [1.82, 2.24) is 15.0 Å². The van der Waals surface area contributed by atoms with E-state index in [1.165, 1.54) is 18.4 Å². The van der Waals surface area contributed by atoms with Crippen LogP contribution in [-0.4, -0.2) is 28.0 Å². The van der Waals surface area contributed by atoms with Crippen LogP contribution in [0.15, 0.2) is 36.8 Å². The third-order valence-electron chi connectivity index (χ3n) is 3.93. The lowest BCUT2D eigenvalue weighted by molar-refractivity contribution is 0.434. The molecule has 1 saturated heterocycles. The van der Waals surface area contributed by atoms with E-state index in [2.05, 4.69) is 32.1 Å². The molecule has 2 aromatic rings. The second kappa shape index (κ2) is 6.52. The Morgan fingerprint density at radius 3 is 2.67 bits per heavy atom. The van der Waals surface area contributed by atoms with Crippen molar-refractivity contribution in [3.8, 4) is 0 Å². The maximum absolute atomic E-state index is 4.62. The van der Waals surface area contributed by atoms with Gasteiger partial charge in [0.1, 0.15) is 5.82 Å². The molecule has 0 radical (unpaired) electrons. The van der Waals surface area contributed by atoms with E-state index < -0.39 is 0 Å². The van der Waals surface area contributed by atoms with E-state index in [0.717, 1.165) is 37.3 Å². The minimum absolute atomic E-state index is 0.746. The average molecular weight is 283 g/mol. The van der Waals surface area contributed by atoms with Crippen LogP contribution >= 0.6 is 0 Å². The molecule has 21 heavy (non-hydrogen) atoms. The Morgan fingerprint density at radius 2 is 1.90 bits per heavy atom. The molecule has 1 N–H and O–H groups in total. The quantitative estimate of drug-likeness (QED) is 0.935. The lowest BCUT2D eigenvalue weighted by atomic mass is 10.00. The summed E-state index contributed by atoms with van der Waals surface area (Å²) in [6.45, 7) is 5.16. The third kappa shape index (κ3) is 3.68. The molecular formula is C16H21N5. The van der Waals surface area contributed by atoms with E-state index in [1.54, 1.807) is 12.4 Å². The van der Waals surface area contributed by atoms with E-state index in [4.69, 9.17) is 0 Å². The summed E-state index contributed by atoms with van der Waals surface area (Å²) in [5, 5.41) is 3.34. The highest BCUT2D eigenvalue weighted by Crippen LogP contribution is 2.20. The summed E-state index contributed by atoms with van der Waals surface area (Å²) in [5.41, 5.74) is 1.19. The number of aromatic nitrogens is 3. The Kier molecular flexibility index (Phi) is 4.28. The van der Waals surface area contributed by atoms with Crippen molar-refractivity contribution in [2.45, 2.75) is 26.3 Å². The van der Waals surface area contributed by atoms with Gasteiger partial charge in [-0.1, -0.05) is 6.92 Å². The summed E-state index contributed by atoms with van der Waals surface area (Å²) in [6.07, 6.45) is 7.87. The van der Waals surface area contributed by atoms with Gasteiger partial charge in [0.25, 0.3) is 0 Å². The lowest BCUT2D eigenvalue weighted by Gasteiger charge is -2.30. The van der Waals surface area contributed by atoms with Crippen molar-refractivity contribution >= 4 is 11.8 Å². The van der Waals surface area contributed by atoms with Crippen molar-refractivity contribution in [1.29, 1.82) is 0 Å². The molecule has 3 rings (SSSR count). The molecule has 1 fully saturated rings. The molecule has 0 bridgehead atoms. The monoisotopic (exact) mass is 283 g/mol. The molecule has 0 spiro atoms. The highest BCUT2D eigenvalue weighted by atomic mass is 15.3. The minimum Gasteiger partial charge on any atom is -0.366 e. The van der Waals surface area contributed by atoms with Crippen molar-refractivity contribution in [2.24, 2.45) is 5.92 Å². The molecule has 0 atom stereocenters. The van der Waals surface area contributed by atoms with Crippen molar-refractivity contribution in [2.75, 3.05) is 23.3 Å². The Hall–Kier alpha value is -2.17. The van der Waals surface area contributed by atoms with Crippen LogP contribution in [0.25, 0.3) is 0 Å². The molecule has 0 aliphatic carbocycles. The zero-order chi connectivity index (χ0) is 14.5. The van der Waals surface area contributed by atoms with E-state index in [-0.39, 0.29) is 0 Å². The number of pyridine rings is 1. The first-order valence-corrected chi connectivity index (χ1v) is 7.52. The standard InChI is InChI=1S/C16H21N5/c1-13-5-10-21(11-6-13)16-18-9-4-15(20-16)19-12-14-2-7-17-8-3-14/h2-4,7-9,13H,5-6,10-12H2,1H3,(H,18,19,20). The fraction of sp³-hybridized carbons (Fsp3) is 0.438. The van der Waals surface area contributed by atoms with Gasteiger partial charge in [-0.05, 0) is 42.5 Å². The summed E-state index contributed by atoms with van der Waals surface area (Å²) in [6, 6.07) is 5.92. The third-order valence-corrected chi connectivity index (χ3v) is 3.93. The van der Waals surface area contributed by atoms with Crippen LogP contribution in [0.3, 0.4) is 0 Å². The minimum atomic E-state index is 0.746. The van der Waals surface area contributed by atoms with Gasteiger partial charge in [-0.15, -0.1) is 0 Å². The number of rotatable bonds is 4. The topological polar surface area (TPSA) is 53.9 Å². The Labute approximate surface area is 125 Å². The molecule has 2 aromatic heterocycles. The average Bonchev–Trinajstić information content (AvgIpc) is 2.55. The van der Waals surface area contributed by atoms with Crippen LogP contribution in [0.4, 0.5) is 11.8 Å². The predicted octanol–water partition coefficient (Wildman–Crippen LogP) is 2.72. The van der Waals surface area contributed by atoms with Crippen LogP contribution < -0.4 is 10.2 Å². The van der Waals surface area contributed by atoms with E-state index in [0.29, 0.717) is 0 Å². The zero-order valence-corrected chi connectivity index (χ0v) is 12.4. The number of nitrogens with one attached hydrogen (secondary N) is 1. The second-order valence-corrected chi connectivity index (χ2v) is 5.62. The van der Waals surface area contributed by atoms with E-state index in [9.17, 15) is 0 Å². The first-order chi connectivity index (χ1) is 10.3. The molecule has 5 heteroatoms. The van der Waals surface area contributed by atoms with Gasteiger partial charge in [0, 0.05) is 38.2 Å². The highest BCUT2D eigenvalue weighted by molar-refractivity contribution is 5.42. The Morgan fingerprint density at radius 1 is 1.14 bits per heavy atom. The second-order valence-electron chi connectivity index (χ2n) is 5.62. The van der Waals surface area contributed by atoms with Crippen LogP contribution in [0.1, 0.15) is 25.3 Å². The summed E-state index contributed by atoms with van der Waals surface area (Å²) in [5.74, 6) is 2.52. The molecule has 0 saturated carbocycles. The summed E-state index contributed by atoms with van der Waals surface area (Å²) < 4.78 is 0. The summed E-state index contributed by atoms with van der Waals surface area (Å²) in [4.78, 5) is 15.3. The number of nitrogens with zero attached hydrogens (tertiary/aromatic N) is 4. The molecule has 5 nitrogen and oxygen atoms in total. The van der Waals surface area contributed by atoms with Gasteiger partial charge < -0.3 is 10.2 Å². The molecule has 0 amide bonds. The van der Waals surface area contributed by atoms with Gasteiger partial charge in [-0.25, -0.2) is 4.98 Å². The van der Waals surface area contributed by atoms with Gasteiger partial charge in [0.15, 0.2) is 0 Å². The van der Waals surface area contributed by atoms with Gasteiger partial charge in [-0.3, -0.25) is 4.98 Å². The van der Waals surface area contributed by atoms with E-state index in [1.807, 2.05) is 24.4 Å².